The van der Waals surface area contributed by atoms with Crippen LogP contribution in [0.2, 0.25) is 0 Å². The van der Waals surface area contributed by atoms with Crippen LogP contribution < -0.4 is 10.5 Å². The first kappa shape index (κ1) is 13.9. The SMILES string of the molecule is Cc1nc(SCCCOc2ccc(CN)cc2)n[nH]1. The Morgan fingerprint density at radius 1 is 1.32 bits per heavy atom. The zero-order valence-corrected chi connectivity index (χ0v) is 11.7. The molecule has 102 valence electrons. The number of rotatable bonds is 7. The van der Waals surface area contributed by atoms with Crippen LogP contribution in [0.25, 0.3) is 0 Å². The molecule has 0 unspecified atom stereocenters. The molecule has 0 aliphatic rings. The predicted octanol–water partition coefficient (Wildman–Crippen LogP) is 2.13. The molecule has 0 saturated heterocycles. The average Bonchev–Trinajstić information content (AvgIpc) is 2.85. The van der Waals surface area contributed by atoms with E-state index in [0.29, 0.717) is 13.2 Å². The molecule has 5 nitrogen and oxygen atoms in total. The molecule has 2 rings (SSSR count). The van der Waals surface area contributed by atoms with Crippen molar-refractivity contribution in [3.8, 4) is 5.75 Å². The highest BCUT2D eigenvalue weighted by Gasteiger charge is 2.00. The van der Waals surface area contributed by atoms with Gasteiger partial charge < -0.3 is 10.5 Å². The second-order valence-corrected chi connectivity index (χ2v) is 5.16. The maximum atomic E-state index is 5.65. The van der Waals surface area contributed by atoms with Crippen LogP contribution in [0.5, 0.6) is 5.75 Å². The number of nitrogens with zero attached hydrogens (tertiary/aromatic N) is 2. The Morgan fingerprint density at radius 3 is 2.74 bits per heavy atom. The number of aromatic amines is 1. The lowest BCUT2D eigenvalue weighted by atomic mass is 10.2. The Bertz CT molecular complexity index is 498. The van der Waals surface area contributed by atoms with Crippen LogP contribution in [-0.4, -0.2) is 27.5 Å². The summed E-state index contributed by atoms with van der Waals surface area (Å²) in [5.74, 6) is 2.67. The first-order valence-electron chi connectivity index (χ1n) is 6.21. The Balaban J connectivity index is 1.63. The summed E-state index contributed by atoms with van der Waals surface area (Å²) in [6.45, 7) is 3.15. The zero-order valence-electron chi connectivity index (χ0n) is 10.9. The van der Waals surface area contributed by atoms with Crippen LogP contribution in [0.15, 0.2) is 29.4 Å². The molecule has 0 bridgehead atoms. The third kappa shape index (κ3) is 4.57. The number of nitrogens with one attached hydrogen (secondary N) is 1. The van der Waals surface area contributed by atoms with E-state index in [9.17, 15) is 0 Å². The lowest BCUT2D eigenvalue weighted by Crippen LogP contribution is -2.00. The summed E-state index contributed by atoms with van der Waals surface area (Å²) in [4.78, 5) is 4.23. The fourth-order valence-electron chi connectivity index (χ4n) is 1.52. The lowest BCUT2D eigenvalue weighted by molar-refractivity contribution is 0.318. The molecule has 1 aromatic heterocycles. The number of hydrogen-bond donors (Lipinski definition) is 2. The molecule has 0 radical (unpaired) electrons. The van der Waals surface area contributed by atoms with Crippen LogP contribution in [0, 0.1) is 6.92 Å². The number of aryl methyl sites for hydroxylation is 1. The van der Waals surface area contributed by atoms with Crippen LogP contribution in [0.1, 0.15) is 17.8 Å². The van der Waals surface area contributed by atoms with Gasteiger partial charge in [0, 0.05) is 12.3 Å². The van der Waals surface area contributed by atoms with Crippen molar-refractivity contribution in [1.82, 2.24) is 15.2 Å². The molecule has 6 heteroatoms. The molecule has 0 fully saturated rings. The highest BCUT2D eigenvalue weighted by Crippen LogP contribution is 2.15. The van der Waals surface area contributed by atoms with Gasteiger partial charge in [0.25, 0.3) is 0 Å². The Labute approximate surface area is 117 Å². The van der Waals surface area contributed by atoms with E-state index in [4.69, 9.17) is 10.5 Å². The van der Waals surface area contributed by atoms with Crippen molar-refractivity contribution in [2.45, 2.75) is 25.0 Å². The third-order valence-corrected chi connectivity index (χ3v) is 3.46. The van der Waals surface area contributed by atoms with Gasteiger partial charge in [-0.2, -0.15) is 0 Å². The van der Waals surface area contributed by atoms with Gasteiger partial charge in [0.1, 0.15) is 11.6 Å². The normalized spacial score (nSPS) is 10.6. The van der Waals surface area contributed by atoms with Crippen molar-refractivity contribution >= 4 is 11.8 Å². The Kier molecular flexibility index (Phi) is 5.23. The molecule has 2 aromatic rings. The van der Waals surface area contributed by atoms with Gasteiger partial charge in [0.2, 0.25) is 5.16 Å². The van der Waals surface area contributed by atoms with Gasteiger partial charge >= 0.3 is 0 Å². The number of ether oxygens (including phenoxy) is 1. The maximum Gasteiger partial charge on any atom is 0.208 e. The summed E-state index contributed by atoms with van der Waals surface area (Å²) in [5, 5.41) is 7.68. The summed E-state index contributed by atoms with van der Waals surface area (Å²) in [6, 6.07) is 7.88. The minimum Gasteiger partial charge on any atom is -0.494 e. The number of H-pyrrole nitrogens is 1. The molecule has 1 aromatic carbocycles. The van der Waals surface area contributed by atoms with Crippen molar-refractivity contribution < 1.29 is 4.74 Å². The average molecular weight is 278 g/mol. The highest BCUT2D eigenvalue weighted by atomic mass is 32.2. The number of thioether (sulfide) groups is 1. The van der Waals surface area contributed by atoms with E-state index in [-0.39, 0.29) is 0 Å². The second kappa shape index (κ2) is 7.16. The fraction of sp³-hybridized carbons (Fsp3) is 0.385. The summed E-state index contributed by atoms with van der Waals surface area (Å²) in [5.41, 5.74) is 6.65. The monoisotopic (exact) mass is 278 g/mol. The maximum absolute atomic E-state index is 5.65. The van der Waals surface area contributed by atoms with E-state index in [2.05, 4.69) is 15.2 Å². The number of benzene rings is 1. The first-order chi connectivity index (χ1) is 9.28. The molecule has 1 heterocycles. The summed E-state index contributed by atoms with van der Waals surface area (Å²) < 4.78 is 5.65. The molecule has 0 aliphatic heterocycles. The van der Waals surface area contributed by atoms with Crippen LogP contribution in [-0.2, 0) is 6.54 Å². The van der Waals surface area contributed by atoms with Crippen molar-refractivity contribution in [3.05, 3.63) is 35.7 Å². The summed E-state index contributed by atoms with van der Waals surface area (Å²) >= 11 is 1.63. The zero-order chi connectivity index (χ0) is 13.5. The summed E-state index contributed by atoms with van der Waals surface area (Å²) in [7, 11) is 0. The largest absolute Gasteiger partial charge is 0.494 e. The van der Waals surface area contributed by atoms with E-state index in [0.717, 1.165) is 34.5 Å². The highest BCUT2D eigenvalue weighted by molar-refractivity contribution is 7.99. The van der Waals surface area contributed by atoms with Gasteiger partial charge in [0.05, 0.1) is 6.61 Å². The molecule has 0 aliphatic carbocycles. The van der Waals surface area contributed by atoms with Crippen molar-refractivity contribution in [1.29, 1.82) is 0 Å². The Morgan fingerprint density at radius 2 is 2.11 bits per heavy atom. The first-order valence-corrected chi connectivity index (χ1v) is 7.20. The quantitative estimate of drug-likeness (QED) is 0.599. The van der Waals surface area contributed by atoms with Gasteiger partial charge in [-0.3, -0.25) is 5.10 Å². The van der Waals surface area contributed by atoms with Gasteiger partial charge in [-0.05, 0) is 31.0 Å². The van der Waals surface area contributed by atoms with Crippen LogP contribution in [0.4, 0.5) is 0 Å². The van der Waals surface area contributed by atoms with E-state index < -0.39 is 0 Å². The molecule has 0 atom stereocenters. The van der Waals surface area contributed by atoms with Crippen molar-refractivity contribution in [2.24, 2.45) is 5.73 Å². The minimum absolute atomic E-state index is 0.563. The third-order valence-electron chi connectivity index (χ3n) is 2.52. The van der Waals surface area contributed by atoms with Crippen LogP contribution >= 0.6 is 11.8 Å². The van der Waals surface area contributed by atoms with E-state index >= 15 is 0 Å². The topological polar surface area (TPSA) is 76.8 Å². The fourth-order valence-corrected chi connectivity index (χ4v) is 2.28. The van der Waals surface area contributed by atoms with E-state index in [1.807, 2.05) is 31.2 Å². The summed E-state index contributed by atoms with van der Waals surface area (Å²) in [6.07, 6.45) is 0.955. The number of aromatic nitrogens is 3. The molecule has 3 N–H and O–H groups in total. The molecule has 0 spiro atoms. The standard InChI is InChI=1S/C13H18N4OS/c1-10-15-13(17-16-10)19-8-2-7-18-12-5-3-11(9-14)4-6-12/h3-6H,2,7-9,14H2,1H3,(H,15,16,17). The lowest BCUT2D eigenvalue weighted by Gasteiger charge is -2.06. The molecule has 0 saturated carbocycles. The van der Waals surface area contributed by atoms with Gasteiger partial charge in [-0.25, -0.2) is 4.98 Å². The number of hydrogen-bond acceptors (Lipinski definition) is 5. The molecule has 0 amide bonds. The predicted molar refractivity (Wildman–Crippen MR) is 76.3 cm³/mol. The Hall–Kier alpha value is -1.53. The van der Waals surface area contributed by atoms with Crippen molar-refractivity contribution in [2.75, 3.05) is 12.4 Å². The van der Waals surface area contributed by atoms with E-state index in [1.165, 1.54) is 0 Å². The van der Waals surface area contributed by atoms with Gasteiger partial charge in [0.15, 0.2) is 0 Å². The van der Waals surface area contributed by atoms with Crippen LogP contribution in [0.3, 0.4) is 0 Å². The smallest absolute Gasteiger partial charge is 0.208 e. The molecule has 19 heavy (non-hydrogen) atoms. The molecular weight excluding hydrogens is 260 g/mol. The second-order valence-electron chi connectivity index (χ2n) is 4.10. The van der Waals surface area contributed by atoms with Gasteiger partial charge in [-0.15, -0.1) is 5.10 Å². The van der Waals surface area contributed by atoms with Crippen molar-refractivity contribution in [3.63, 3.8) is 0 Å². The van der Waals surface area contributed by atoms with Gasteiger partial charge in [-0.1, -0.05) is 23.9 Å². The minimum atomic E-state index is 0.563. The molecular formula is C13H18N4OS. The number of nitrogens with two attached hydrogens (primary N) is 1. The van der Waals surface area contributed by atoms with E-state index in [1.54, 1.807) is 11.8 Å².